The summed E-state index contributed by atoms with van der Waals surface area (Å²) in [5, 5.41) is 9.50. The van der Waals surface area contributed by atoms with Crippen LogP contribution in [0.3, 0.4) is 0 Å². The molecule has 2 nitrogen and oxygen atoms in total. The van der Waals surface area contributed by atoms with Crippen molar-refractivity contribution in [2.45, 2.75) is 20.0 Å². The van der Waals surface area contributed by atoms with Gasteiger partial charge in [0.05, 0.1) is 18.0 Å². The van der Waals surface area contributed by atoms with Gasteiger partial charge in [-0.3, -0.25) is 4.98 Å². The van der Waals surface area contributed by atoms with E-state index in [1.54, 1.807) is 0 Å². The molecule has 0 aromatic carbocycles. The lowest BCUT2D eigenvalue weighted by atomic mass is 10.0. The maximum Gasteiger partial charge on any atom is 0.141 e. The van der Waals surface area contributed by atoms with Crippen LogP contribution < -0.4 is 0 Å². The van der Waals surface area contributed by atoms with Crippen LogP contribution in [0.2, 0.25) is 0 Å². The number of pyridine rings is 1. The Kier molecular flexibility index (Phi) is 2.76. The Hall–Kier alpha value is -0.960. The second-order valence-electron chi connectivity index (χ2n) is 3.09. The van der Waals surface area contributed by atoms with Gasteiger partial charge in [0.25, 0.3) is 0 Å². The summed E-state index contributed by atoms with van der Waals surface area (Å²) in [6, 6.07) is 2.80. The number of halogens is 1. The third-order valence-electron chi connectivity index (χ3n) is 1.68. The topological polar surface area (TPSA) is 33.1 Å². The summed E-state index contributed by atoms with van der Waals surface area (Å²) in [7, 11) is 0. The second kappa shape index (κ2) is 3.63. The predicted octanol–water partition coefficient (Wildman–Crippen LogP) is 1.91. The number of aliphatic hydroxyl groups is 1. The minimum Gasteiger partial charge on any atom is -0.387 e. The fraction of sp³-hybridized carbons (Fsp3) is 0.444. The first-order chi connectivity index (χ1) is 5.61. The Morgan fingerprint density at radius 3 is 2.50 bits per heavy atom. The van der Waals surface area contributed by atoms with E-state index >= 15 is 0 Å². The van der Waals surface area contributed by atoms with Crippen molar-refractivity contribution >= 4 is 0 Å². The van der Waals surface area contributed by atoms with E-state index in [0.717, 1.165) is 6.20 Å². The molecular weight excluding hydrogens is 157 g/mol. The van der Waals surface area contributed by atoms with E-state index in [4.69, 9.17) is 0 Å². The zero-order valence-electron chi connectivity index (χ0n) is 7.16. The van der Waals surface area contributed by atoms with Crippen LogP contribution in [0, 0.1) is 11.7 Å². The van der Waals surface area contributed by atoms with Gasteiger partial charge in [0.15, 0.2) is 0 Å². The maximum absolute atomic E-state index is 12.4. The van der Waals surface area contributed by atoms with Crippen LogP contribution >= 0.6 is 0 Å². The van der Waals surface area contributed by atoms with Crippen LogP contribution in [0.5, 0.6) is 0 Å². The lowest BCUT2D eigenvalue weighted by Gasteiger charge is -2.12. The average molecular weight is 169 g/mol. The molecule has 1 rings (SSSR count). The third kappa shape index (κ3) is 2.01. The highest BCUT2D eigenvalue weighted by molar-refractivity contribution is 5.08. The van der Waals surface area contributed by atoms with Crippen molar-refractivity contribution < 1.29 is 9.50 Å². The summed E-state index contributed by atoms with van der Waals surface area (Å²) < 4.78 is 12.4. The average Bonchev–Trinajstić information content (AvgIpc) is 2.04. The molecule has 1 atom stereocenters. The van der Waals surface area contributed by atoms with Crippen molar-refractivity contribution in [3.8, 4) is 0 Å². The predicted molar refractivity (Wildman–Crippen MR) is 44.0 cm³/mol. The van der Waals surface area contributed by atoms with Gasteiger partial charge in [-0.15, -0.1) is 0 Å². The van der Waals surface area contributed by atoms with E-state index in [2.05, 4.69) is 4.98 Å². The normalized spacial score (nSPS) is 13.4. The zero-order valence-corrected chi connectivity index (χ0v) is 7.16. The smallest absolute Gasteiger partial charge is 0.141 e. The summed E-state index contributed by atoms with van der Waals surface area (Å²) in [6.45, 7) is 3.77. The SMILES string of the molecule is CC(C)C(O)c1ccc(F)cn1. The molecule has 1 aromatic heterocycles. The number of aromatic nitrogens is 1. The molecule has 12 heavy (non-hydrogen) atoms. The third-order valence-corrected chi connectivity index (χ3v) is 1.68. The monoisotopic (exact) mass is 169 g/mol. The zero-order chi connectivity index (χ0) is 9.14. The Balaban J connectivity index is 2.82. The molecule has 0 aliphatic heterocycles. The van der Waals surface area contributed by atoms with Crippen molar-refractivity contribution in [2.24, 2.45) is 5.92 Å². The molecule has 0 saturated carbocycles. The number of nitrogens with zero attached hydrogens (tertiary/aromatic N) is 1. The van der Waals surface area contributed by atoms with Gasteiger partial charge in [-0.05, 0) is 18.1 Å². The molecule has 1 heterocycles. The number of hydrogen-bond acceptors (Lipinski definition) is 2. The molecule has 0 aliphatic carbocycles. The number of aliphatic hydroxyl groups excluding tert-OH is 1. The largest absolute Gasteiger partial charge is 0.387 e. The fourth-order valence-corrected chi connectivity index (χ4v) is 0.904. The molecular formula is C9H12FNO. The Morgan fingerprint density at radius 1 is 1.42 bits per heavy atom. The first kappa shape index (κ1) is 9.13. The fourth-order valence-electron chi connectivity index (χ4n) is 0.904. The van der Waals surface area contributed by atoms with Crippen molar-refractivity contribution in [1.82, 2.24) is 4.98 Å². The molecule has 0 fully saturated rings. The van der Waals surface area contributed by atoms with Crippen LogP contribution in [0.15, 0.2) is 18.3 Å². The van der Waals surface area contributed by atoms with Crippen molar-refractivity contribution in [1.29, 1.82) is 0 Å². The van der Waals surface area contributed by atoms with Crippen molar-refractivity contribution in [2.75, 3.05) is 0 Å². The van der Waals surface area contributed by atoms with Gasteiger partial charge in [0.1, 0.15) is 5.82 Å². The van der Waals surface area contributed by atoms with Gasteiger partial charge in [-0.1, -0.05) is 13.8 Å². The Labute approximate surface area is 71.1 Å². The Bertz CT molecular complexity index is 245. The summed E-state index contributed by atoms with van der Waals surface area (Å²) in [6.07, 6.45) is 0.506. The molecule has 1 unspecified atom stereocenters. The molecule has 66 valence electrons. The molecule has 1 N–H and O–H groups in total. The molecule has 1 aromatic rings. The maximum atomic E-state index is 12.4. The van der Waals surface area contributed by atoms with E-state index in [1.807, 2.05) is 13.8 Å². The quantitative estimate of drug-likeness (QED) is 0.733. The first-order valence-electron chi connectivity index (χ1n) is 3.91. The van der Waals surface area contributed by atoms with E-state index < -0.39 is 6.10 Å². The van der Waals surface area contributed by atoms with Crippen molar-refractivity contribution in [3.05, 3.63) is 29.8 Å². The molecule has 0 saturated heterocycles. The van der Waals surface area contributed by atoms with Crippen LogP contribution in [-0.4, -0.2) is 10.1 Å². The summed E-state index contributed by atoms with van der Waals surface area (Å²) in [4.78, 5) is 3.77. The lowest BCUT2D eigenvalue weighted by molar-refractivity contribution is 0.122. The minimum atomic E-state index is -0.606. The lowest BCUT2D eigenvalue weighted by Crippen LogP contribution is -2.07. The van der Waals surface area contributed by atoms with Crippen LogP contribution in [0.1, 0.15) is 25.6 Å². The van der Waals surface area contributed by atoms with Gasteiger partial charge >= 0.3 is 0 Å². The summed E-state index contributed by atoms with van der Waals surface area (Å²) >= 11 is 0. The van der Waals surface area contributed by atoms with Gasteiger partial charge in [0, 0.05) is 0 Å². The molecule has 0 amide bonds. The second-order valence-corrected chi connectivity index (χ2v) is 3.09. The van der Waals surface area contributed by atoms with E-state index in [0.29, 0.717) is 5.69 Å². The van der Waals surface area contributed by atoms with Crippen LogP contribution in [0.4, 0.5) is 4.39 Å². The molecule has 0 aliphatic rings. The number of hydrogen-bond donors (Lipinski definition) is 1. The van der Waals surface area contributed by atoms with E-state index in [9.17, 15) is 9.50 Å². The molecule has 0 spiro atoms. The van der Waals surface area contributed by atoms with Crippen molar-refractivity contribution in [3.63, 3.8) is 0 Å². The minimum absolute atomic E-state index is 0.1000. The van der Waals surface area contributed by atoms with Crippen LogP contribution in [0.25, 0.3) is 0 Å². The molecule has 3 heteroatoms. The van der Waals surface area contributed by atoms with E-state index in [1.165, 1.54) is 12.1 Å². The first-order valence-corrected chi connectivity index (χ1v) is 3.91. The van der Waals surface area contributed by atoms with Gasteiger partial charge in [0.2, 0.25) is 0 Å². The van der Waals surface area contributed by atoms with E-state index in [-0.39, 0.29) is 11.7 Å². The number of rotatable bonds is 2. The molecule has 0 radical (unpaired) electrons. The molecule has 0 bridgehead atoms. The van der Waals surface area contributed by atoms with Crippen LogP contribution in [-0.2, 0) is 0 Å². The highest BCUT2D eigenvalue weighted by atomic mass is 19.1. The highest BCUT2D eigenvalue weighted by Crippen LogP contribution is 2.18. The summed E-state index contributed by atoms with van der Waals surface area (Å²) in [5.74, 6) is -0.280. The van der Waals surface area contributed by atoms with Gasteiger partial charge in [-0.2, -0.15) is 0 Å². The standard InChI is InChI=1S/C9H12FNO/c1-6(2)9(12)8-4-3-7(10)5-11-8/h3-6,9,12H,1-2H3. The Morgan fingerprint density at radius 2 is 2.08 bits per heavy atom. The highest BCUT2D eigenvalue weighted by Gasteiger charge is 2.12. The summed E-state index contributed by atoms with van der Waals surface area (Å²) in [5.41, 5.74) is 0.520. The van der Waals surface area contributed by atoms with Gasteiger partial charge in [-0.25, -0.2) is 4.39 Å². The van der Waals surface area contributed by atoms with Gasteiger partial charge < -0.3 is 5.11 Å².